The molecule has 2 heterocycles. The summed E-state index contributed by atoms with van der Waals surface area (Å²) in [6.45, 7) is 6.14. The summed E-state index contributed by atoms with van der Waals surface area (Å²) in [5, 5.41) is 0.867. The highest BCUT2D eigenvalue weighted by Gasteiger charge is 2.37. The zero-order valence-corrected chi connectivity index (χ0v) is 10.2. The topological polar surface area (TPSA) is 12.5 Å². The van der Waals surface area contributed by atoms with Crippen LogP contribution in [0.1, 0.15) is 5.56 Å². The van der Waals surface area contributed by atoms with Gasteiger partial charge in [-0.1, -0.05) is 17.7 Å². The summed E-state index contributed by atoms with van der Waals surface area (Å²) in [6, 6.07) is 6.24. The van der Waals surface area contributed by atoms with E-state index in [9.17, 15) is 0 Å². The van der Waals surface area contributed by atoms with Gasteiger partial charge >= 0.3 is 0 Å². The molecule has 16 heavy (non-hydrogen) atoms. The highest BCUT2D eigenvalue weighted by Crippen LogP contribution is 2.36. The van der Waals surface area contributed by atoms with Crippen LogP contribution in [0, 0.1) is 18.8 Å². The number of nitrogens with zero attached hydrogens (tertiary/aromatic N) is 1. The molecular formula is C13H16ClNO. The van der Waals surface area contributed by atoms with Gasteiger partial charge in [-0.15, -0.1) is 0 Å². The first-order chi connectivity index (χ1) is 7.74. The van der Waals surface area contributed by atoms with Gasteiger partial charge in [0.1, 0.15) is 0 Å². The Kier molecular flexibility index (Phi) is 2.56. The molecule has 0 spiro atoms. The van der Waals surface area contributed by atoms with Crippen molar-refractivity contribution in [3.63, 3.8) is 0 Å². The Morgan fingerprint density at radius 2 is 1.94 bits per heavy atom. The van der Waals surface area contributed by atoms with Crippen molar-refractivity contribution in [2.24, 2.45) is 11.8 Å². The third-order valence-corrected chi connectivity index (χ3v) is 4.00. The third kappa shape index (κ3) is 1.70. The maximum absolute atomic E-state index is 6.26. The zero-order valence-electron chi connectivity index (χ0n) is 9.45. The Labute approximate surface area is 101 Å². The fourth-order valence-electron chi connectivity index (χ4n) is 2.75. The van der Waals surface area contributed by atoms with E-state index in [1.54, 1.807) is 0 Å². The van der Waals surface area contributed by atoms with E-state index in [-0.39, 0.29) is 0 Å². The lowest BCUT2D eigenvalue weighted by Crippen LogP contribution is -2.22. The van der Waals surface area contributed by atoms with Crippen LogP contribution in [0.5, 0.6) is 0 Å². The smallest absolute Gasteiger partial charge is 0.0639 e. The molecule has 2 aliphatic heterocycles. The molecule has 1 aromatic carbocycles. The fourth-order valence-corrected chi connectivity index (χ4v) is 2.99. The van der Waals surface area contributed by atoms with Gasteiger partial charge in [-0.05, 0) is 24.6 Å². The number of rotatable bonds is 1. The van der Waals surface area contributed by atoms with Crippen molar-refractivity contribution >= 4 is 17.3 Å². The summed E-state index contributed by atoms with van der Waals surface area (Å²) in [6.07, 6.45) is 0. The first-order valence-electron chi connectivity index (χ1n) is 5.83. The predicted molar refractivity (Wildman–Crippen MR) is 66.2 cm³/mol. The van der Waals surface area contributed by atoms with Crippen LogP contribution in [0.2, 0.25) is 5.02 Å². The van der Waals surface area contributed by atoms with Crippen molar-refractivity contribution < 1.29 is 4.74 Å². The molecule has 0 aromatic heterocycles. The summed E-state index contributed by atoms with van der Waals surface area (Å²) >= 11 is 6.26. The standard InChI is InChI=1S/C13H16ClNO/c1-9-2-3-12(14)13(4-9)15-5-10-7-16-8-11(10)6-15/h2-4,10-11H,5-8H2,1H3. The Balaban J connectivity index is 1.85. The minimum Gasteiger partial charge on any atom is -0.381 e. The number of halogens is 1. The van der Waals surface area contributed by atoms with E-state index in [0.29, 0.717) is 11.8 Å². The molecular weight excluding hydrogens is 222 g/mol. The largest absolute Gasteiger partial charge is 0.381 e. The molecule has 3 rings (SSSR count). The monoisotopic (exact) mass is 237 g/mol. The number of ether oxygens (including phenoxy) is 1. The average Bonchev–Trinajstić information content (AvgIpc) is 2.81. The first-order valence-corrected chi connectivity index (χ1v) is 6.20. The van der Waals surface area contributed by atoms with E-state index in [1.165, 1.54) is 11.3 Å². The molecule has 0 N–H and O–H groups in total. The Bertz CT molecular complexity index is 395. The van der Waals surface area contributed by atoms with Crippen LogP contribution in [-0.2, 0) is 4.74 Å². The Morgan fingerprint density at radius 1 is 1.25 bits per heavy atom. The van der Waals surface area contributed by atoms with Crippen molar-refractivity contribution in [1.29, 1.82) is 0 Å². The van der Waals surface area contributed by atoms with Crippen LogP contribution in [-0.4, -0.2) is 26.3 Å². The van der Waals surface area contributed by atoms with Crippen molar-refractivity contribution in [2.75, 3.05) is 31.2 Å². The summed E-state index contributed by atoms with van der Waals surface area (Å²) in [5.74, 6) is 1.41. The van der Waals surface area contributed by atoms with Gasteiger partial charge in [0.25, 0.3) is 0 Å². The minimum atomic E-state index is 0.705. The lowest BCUT2D eigenvalue weighted by Gasteiger charge is -2.21. The number of benzene rings is 1. The molecule has 0 amide bonds. The number of aryl methyl sites for hydroxylation is 1. The van der Waals surface area contributed by atoms with Gasteiger partial charge in [-0.3, -0.25) is 0 Å². The summed E-state index contributed by atoms with van der Waals surface area (Å²) in [5.41, 5.74) is 2.46. The van der Waals surface area contributed by atoms with E-state index >= 15 is 0 Å². The lowest BCUT2D eigenvalue weighted by molar-refractivity contribution is 0.177. The highest BCUT2D eigenvalue weighted by molar-refractivity contribution is 6.33. The van der Waals surface area contributed by atoms with Crippen LogP contribution in [0.4, 0.5) is 5.69 Å². The SMILES string of the molecule is Cc1ccc(Cl)c(N2CC3COCC3C2)c1. The molecule has 0 bridgehead atoms. The maximum atomic E-state index is 6.26. The molecule has 0 aliphatic carbocycles. The molecule has 3 heteroatoms. The number of anilines is 1. The Hall–Kier alpha value is -0.730. The second-order valence-corrected chi connectivity index (χ2v) is 5.32. The fraction of sp³-hybridized carbons (Fsp3) is 0.538. The molecule has 2 aliphatic rings. The molecule has 2 saturated heterocycles. The summed E-state index contributed by atoms with van der Waals surface area (Å²) < 4.78 is 5.49. The number of fused-ring (bicyclic) bond motifs is 1. The normalized spacial score (nSPS) is 28.5. The summed E-state index contributed by atoms with van der Waals surface area (Å²) in [4.78, 5) is 2.41. The van der Waals surface area contributed by atoms with Crippen LogP contribution in [0.15, 0.2) is 18.2 Å². The Morgan fingerprint density at radius 3 is 2.62 bits per heavy atom. The van der Waals surface area contributed by atoms with Crippen molar-refractivity contribution in [3.05, 3.63) is 28.8 Å². The summed E-state index contributed by atoms with van der Waals surface area (Å²) in [7, 11) is 0. The van der Waals surface area contributed by atoms with E-state index in [2.05, 4.69) is 24.0 Å². The quantitative estimate of drug-likeness (QED) is 0.745. The van der Waals surface area contributed by atoms with E-state index in [1.807, 2.05) is 6.07 Å². The van der Waals surface area contributed by atoms with Gasteiger partial charge in [0.2, 0.25) is 0 Å². The first kappa shape index (κ1) is 10.4. The zero-order chi connectivity index (χ0) is 11.1. The van der Waals surface area contributed by atoms with Gasteiger partial charge in [0.15, 0.2) is 0 Å². The second-order valence-electron chi connectivity index (χ2n) is 4.92. The van der Waals surface area contributed by atoms with Crippen LogP contribution < -0.4 is 4.90 Å². The highest BCUT2D eigenvalue weighted by atomic mass is 35.5. The van der Waals surface area contributed by atoms with E-state index < -0.39 is 0 Å². The van der Waals surface area contributed by atoms with Crippen molar-refractivity contribution in [2.45, 2.75) is 6.92 Å². The van der Waals surface area contributed by atoms with Gasteiger partial charge in [-0.25, -0.2) is 0 Å². The van der Waals surface area contributed by atoms with Gasteiger partial charge in [0, 0.05) is 24.9 Å². The molecule has 2 atom stereocenters. The molecule has 0 saturated carbocycles. The molecule has 0 radical (unpaired) electrons. The molecule has 2 fully saturated rings. The number of hydrogen-bond acceptors (Lipinski definition) is 2. The van der Waals surface area contributed by atoms with Gasteiger partial charge in [-0.2, -0.15) is 0 Å². The van der Waals surface area contributed by atoms with Crippen LogP contribution >= 0.6 is 11.6 Å². The molecule has 2 nitrogen and oxygen atoms in total. The average molecular weight is 238 g/mol. The van der Waals surface area contributed by atoms with E-state index in [4.69, 9.17) is 16.3 Å². The van der Waals surface area contributed by atoms with Crippen molar-refractivity contribution in [1.82, 2.24) is 0 Å². The number of hydrogen-bond donors (Lipinski definition) is 0. The lowest BCUT2D eigenvalue weighted by atomic mass is 10.0. The molecule has 2 unspecified atom stereocenters. The van der Waals surface area contributed by atoms with E-state index in [0.717, 1.165) is 31.3 Å². The minimum absolute atomic E-state index is 0.705. The maximum Gasteiger partial charge on any atom is 0.0639 e. The molecule has 86 valence electrons. The predicted octanol–water partition coefficient (Wildman–Crippen LogP) is 2.73. The van der Waals surface area contributed by atoms with Crippen molar-refractivity contribution in [3.8, 4) is 0 Å². The second kappa shape index (κ2) is 3.94. The molecule has 1 aromatic rings. The third-order valence-electron chi connectivity index (χ3n) is 3.68. The van der Waals surface area contributed by atoms with Gasteiger partial charge < -0.3 is 9.64 Å². The van der Waals surface area contributed by atoms with Gasteiger partial charge in [0.05, 0.1) is 23.9 Å². The van der Waals surface area contributed by atoms with Crippen LogP contribution in [0.3, 0.4) is 0 Å². The van der Waals surface area contributed by atoms with Crippen LogP contribution in [0.25, 0.3) is 0 Å².